The first-order chi connectivity index (χ1) is 13.0. The van der Waals surface area contributed by atoms with Crippen LogP contribution in [0.3, 0.4) is 0 Å². The number of carbonyl (C=O) groups is 2. The van der Waals surface area contributed by atoms with E-state index in [0.29, 0.717) is 10.8 Å². The predicted octanol–water partition coefficient (Wildman–Crippen LogP) is 4.60. The number of hydrogen-bond acceptors (Lipinski definition) is 5. The molecule has 0 aliphatic carbocycles. The van der Waals surface area contributed by atoms with E-state index in [2.05, 4.69) is 5.32 Å². The second kappa shape index (κ2) is 8.97. The van der Waals surface area contributed by atoms with Crippen molar-refractivity contribution < 1.29 is 18.7 Å². The summed E-state index contributed by atoms with van der Waals surface area (Å²) in [4.78, 5) is 24.7. The van der Waals surface area contributed by atoms with Crippen LogP contribution < -0.4 is 5.32 Å². The van der Waals surface area contributed by atoms with Crippen LogP contribution in [0.1, 0.15) is 18.7 Å². The smallest absolute Gasteiger partial charge is 0.316 e. The van der Waals surface area contributed by atoms with Gasteiger partial charge < -0.3 is 14.5 Å². The van der Waals surface area contributed by atoms with Crippen LogP contribution in [0, 0.1) is 0 Å². The number of ether oxygens (including phenoxy) is 1. The molecule has 140 valence electrons. The molecule has 1 atom stereocenters. The van der Waals surface area contributed by atoms with Gasteiger partial charge in [0.05, 0.1) is 11.8 Å². The monoisotopic (exact) mass is 403 g/mol. The van der Waals surface area contributed by atoms with E-state index < -0.39 is 5.97 Å². The number of benzene rings is 2. The van der Waals surface area contributed by atoms with Gasteiger partial charge in [-0.2, -0.15) is 0 Å². The Labute approximate surface area is 166 Å². The normalized spacial score (nSPS) is 11.9. The van der Waals surface area contributed by atoms with Crippen LogP contribution in [0.15, 0.2) is 63.9 Å². The number of rotatable bonds is 7. The van der Waals surface area contributed by atoms with Crippen LogP contribution in [0.2, 0.25) is 5.02 Å². The quantitative estimate of drug-likeness (QED) is 0.461. The predicted molar refractivity (Wildman–Crippen MR) is 106 cm³/mol. The van der Waals surface area contributed by atoms with Crippen LogP contribution in [0.4, 0.5) is 0 Å². The standard InChI is InChI=1S/C20H18ClNO4S/c1-13(18-10-14-4-2-3-5-17(14)26-18)22-19(23)11-25-20(24)12-27-16-8-6-15(21)7-9-16/h2-10,13H,11-12H2,1H3,(H,22,23). The average Bonchev–Trinajstić information content (AvgIpc) is 3.10. The van der Waals surface area contributed by atoms with Crippen molar-refractivity contribution in [2.24, 2.45) is 0 Å². The van der Waals surface area contributed by atoms with Crippen LogP contribution in [-0.4, -0.2) is 24.2 Å². The van der Waals surface area contributed by atoms with E-state index in [1.807, 2.05) is 49.4 Å². The Morgan fingerprint density at radius 2 is 1.93 bits per heavy atom. The highest BCUT2D eigenvalue weighted by atomic mass is 35.5. The van der Waals surface area contributed by atoms with Crippen LogP contribution in [-0.2, 0) is 14.3 Å². The molecule has 0 aliphatic rings. The fraction of sp³-hybridized carbons (Fsp3) is 0.200. The van der Waals surface area contributed by atoms with Crippen LogP contribution in [0.5, 0.6) is 0 Å². The number of halogens is 1. The summed E-state index contributed by atoms with van der Waals surface area (Å²) in [7, 11) is 0. The summed E-state index contributed by atoms with van der Waals surface area (Å²) >= 11 is 7.14. The Morgan fingerprint density at radius 3 is 2.67 bits per heavy atom. The molecular formula is C20H18ClNO4S. The van der Waals surface area contributed by atoms with Gasteiger partial charge in [0, 0.05) is 15.3 Å². The first-order valence-corrected chi connectivity index (χ1v) is 9.69. The first kappa shape index (κ1) is 19.3. The molecule has 0 radical (unpaired) electrons. The third-order valence-electron chi connectivity index (χ3n) is 3.78. The van der Waals surface area contributed by atoms with Crippen molar-refractivity contribution in [1.82, 2.24) is 5.32 Å². The summed E-state index contributed by atoms with van der Waals surface area (Å²) < 4.78 is 10.7. The summed E-state index contributed by atoms with van der Waals surface area (Å²) in [6, 6.07) is 16.3. The number of nitrogens with one attached hydrogen (secondary N) is 1. The summed E-state index contributed by atoms with van der Waals surface area (Å²) in [6.07, 6.45) is 0. The Hall–Kier alpha value is -2.44. The number of carbonyl (C=O) groups excluding carboxylic acids is 2. The molecule has 0 spiro atoms. The van der Waals surface area contributed by atoms with E-state index in [1.54, 1.807) is 12.1 Å². The molecule has 0 aliphatic heterocycles. The molecule has 3 aromatic rings. The van der Waals surface area contributed by atoms with Crippen molar-refractivity contribution in [3.63, 3.8) is 0 Å². The molecule has 7 heteroatoms. The van der Waals surface area contributed by atoms with Gasteiger partial charge in [0.15, 0.2) is 6.61 Å². The maximum Gasteiger partial charge on any atom is 0.316 e. The van der Waals surface area contributed by atoms with Gasteiger partial charge in [0.2, 0.25) is 0 Å². The molecule has 1 amide bonds. The largest absolute Gasteiger partial charge is 0.459 e. The maximum atomic E-state index is 12.0. The minimum atomic E-state index is -0.457. The number of amides is 1. The molecule has 1 unspecified atom stereocenters. The second-order valence-corrected chi connectivity index (χ2v) is 7.36. The molecule has 5 nitrogen and oxygen atoms in total. The third kappa shape index (κ3) is 5.52. The van der Waals surface area contributed by atoms with Crippen LogP contribution >= 0.6 is 23.4 Å². The van der Waals surface area contributed by atoms with E-state index >= 15 is 0 Å². The van der Waals surface area contributed by atoms with Gasteiger partial charge in [-0.05, 0) is 43.3 Å². The van der Waals surface area contributed by atoms with E-state index in [9.17, 15) is 9.59 Å². The highest BCUT2D eigenvalue weighted by Crippen LogP contribution is 2.23. The van der Waals surface area contributed by atoms with Crippen molar-refractivity contribution in [3.05, 3.63) is 65.4 Å². The van der Waals surface area contributed by atoms with Crippen molar-refractivity contribution in [2.45, 2.75) is 17.9 Å². The van der Waals surface area contributed by atoms with E-state index in [4.69, 9.17) is 20.8 Å². The van der Waals surface area contributed by atoms with Gasteiger partial charge >= 0.3 is 5.97 Å². The van der Waals surface area contributed by atoms with E-state index in [0.717, 1.165) is 15.9 Å². The van der Waals surface area contributed by atoms with Gasteiger partial charge in [0.1, 0.15) is 11.3 Å². The highest BCUT2D eigenvalue weighted by molar-refractivity contribution is 8.00. The van der Waals surface area contributed by atoms with Crippen molar-refractivity contribution >= 4 is 46.2 Å². The van der Waals surface area contributed by atoms with Gasteiger partial charge in [-0.3, -0.25) is 9.59 Å². The lowest BCUT2D eigenvalue weighted by Crippen LogP contribution is -2.31. The number of fused-ring (bicyclic) bond motifs is 1. The number of furan rings is 1. The average molecular weight is 404 g/mol. The van der Waals surface area contributed by atoms with Crippen LogP contribution in [0.25, 0.3) is 11.0 Å². The summed E-state index contributed by atoms with van der Waals surface area (Å²) in [5.74, 6) is -0.0722. The number of para-hydroxylation sites is 1. The van der Waals surface area contributed by atoms with Gasteiger partial charge in [-0.1, -0.05) is 29.8 Å². The SMILES string of the molecule is CC(NC(=O)COC(=O)CSc1ccc(Cl)cc1)c1cc2ccccc2o1. The Bertz CT molecular complexity index is 906. The minimum Gasteiger partial charge on any atom is -0.459 e. The summed E-state index contributed by atoms with van der Waals surface area (Å²) in [5, 5.41) is 4.37. The highest BCUT2D eigenvalue weighted by Gasteiger charge is 2.15. The zero-order valence-electron chi connectivity index (χ0n) is 14.6. The molecule has 0 bridgehead atoms. The molecule has 0 saturated carbocycles. The molecule has 1 heterocycles. The van der Waals surface area contributed by atoms with Crippen molar-refractivity contribution in [2.75, 3.05) is 12.4 Å². The lowest BCUT2D eigenvalue weighted by atomic mass is 10.2. The Morgan fingerprint density at radius 1 is 1.19 bits per heavy atom. The fourth-order valence-electron chi connectivity index (χ4n) is 2.43. The van der Waals surface area contributed by atoms with Gasteiger partial charge in [-0.15, -0.1) is 11.8 Å². The number of hydrogen-bond donors (Lipinski definition) is 1. The zero-order chi connectivity index (χ0) is 19.2. The second-order valence-electron chi connectivity index (χ2n) is 5.88. The number of thioether (sulfide) groups is 1. The third-order valence-corrected chi connectivity index (χ3v) is 5.02. The van der Waals surface area contributed by atoms with E-state index in [-0.39, 0.29) is 24.3 Å². The molecular weight excluding hydrogens is 386 g/mol. The Balaban J connectivity index is 1.43. The van der Waals surface area contributed by atoms with E-state index in [1.165, 1.54) is 11.8 Å². The summed E-state index contributed by atoms with van der Waals surface area (Å²) in [6.45, 7) is 1.48. The maximum absolute atomic E-state index is 12.0. The molecule has 1 N–H and O–H groups in total. The van der Waals surface area contributed by atoms with Crippen molar-refractivity contribution in [3.8, 4) is 0 Å². The van der Waals surface area contributed by atoms with Crippen molar-refractivity contribution in [1.29, 1.82) is 0 Å². The first-order valence-electron chi connectivity index (χ1n) is 8.33. The Kier molecular flexibility index (Phi) is 6.42. The lowest BCUT2D eigenvalue weighted by molar-refractivity contribution is -0.146. The molecule has 3 rings (SSSR count). The van der Waals surface area contributed by atoms with Gasteiger partial charge in [-0.25, -0.2) is 0 Å². The topological polar surface area (TPSA) is 68.5 Å². The minimum absolute atomic E-state index is 0.119. The lowest BCUT2D eigenvalue weighted by Gasteiger charge is -2.11. The summed E-state index contributed by atoms with van der Waals surface area (Å²) in [5.41, 5.74) is 0.763. The molecule has 1 aromatic heterocycles. The molecule has 27 heavy (non-hydrogen) atoms. The number of esters is 1. The molecule has 0 saturated heterocycles. The fourth-order valence-corrected chi connectivity index (χ4v) is 3.25. The van der Waals surface area contributed by atoms with Gasteiger partial charge in [0.25, 0.3) is 5.91 Å². The zero-order valence-corrected chi connectivity index (χ0v) is 16.2. The molecule has 0 fully saturated rings. The molecule has 2 aromatic carbocycles.